The highest BCUT2D eigenvalue weighted by atomic mass is 32.2. The van der Waals surface area contributed by atoms with E-state index in [0.29, 0.717) is 6.42 Å². The molecule has 21 heavy (non-hydrogen) atoms. The van der Waals surface area contributed by atoms with Crippen LogP contribution in [-0.4, -0.2) is 39.3 Å². The highest BCUT2D eigenvalue weighted by molar-refractivity contribution is 7.89. The lowest BCUT2D eigenvalue weighted by atomic mass is 10.2. The predicted molar refractivity (Wildman–Crippen MR) is 78.3 cm³/mol. The Morgan fingerprint density at radius 1 is 1.48 bits per heavy atom. The highest BCUT2D eigenvalue weighted by Crippen LogP contribution is 2.20. The first kappa shape index (κ1) is 17.4. The summed E-state index contributed by atoms with van der Waals surface area (Å²) in [5, 5.41) is 8.93. The number of aliphatic hydroxyl groups excluding tert-OH is 1. The molecule has 4 N–H and O–H groups in total. The molecule has 1 atom stereocenters. The third-order valence-electron chi connectivity index (χ3n) is 2.99. The summed E-state index contributed by atoms with van der Waals surface area (Å²) in [6.07, 6.45) is 0.806. The minimum absolute atomic E-state index is 0.121. The Labute approximate surface area is 124 Å². The van der Waals surface area contributed by atoms with Crippen molar-refractivity contribution in [3.05, 3.63) is 23.8 Å². The molecule has 0 saturated carbocycles. The molecule has 0 bridgehead atoms. The standard InChI is InChI=1S/C13H20N2O5S/c1-3-10(6-7-16)15-21(18,19)12-5-4-9(14)8-11(12)13(17)20-2/h4-5,8,10,15-16H,3,6-7,14H2,1-2H3. The number of hydrogen-bond donors (Lipinski definition) is 3. The van der Waals surface area contributed by atoms with Gasteiger partial charge in [-0.3, -0.25) is 0 Å². The largest absolute Gasteiger partial charge is 0.465 e. The Morgan fingerprint density at radius 3 is 2.67 bits per heavy atom. The van der Waals surface area contributed by atoms with Crippen molar-refractivity contribution in [2.24, 2.45) is 0 Å². The van der Waals surface area contributed by atoms with Crippen molar-refractivity contribution in [2.75, 3.05) is 19.5 Å². The molecule has 0 spiro atoms. The van der Waals surface area contributed by atoms with Gasteiger partial charge in [-0.25, -0.2) is 17.9 Å². The van der Waals surface area contributed by atoms with Crippen LogP contribution in [0.5, 0.6) is 0 Å². The molecule has 0 aliphatic rings. The molecule has 1 unspecified atom stereocenters. The van der Waals surface area contributed by atoms with E-state index >= 15 is 0 Å². The average Bonchev–Trinajstić information content (AvgIpc) is 2.45. The number of methoxy groups -OCH3 is 1. The monoisotopic (exact) mass is 316 g/mol. The fraction of sp³-hybridized carbons (Fsp3) is 0.462. The van der Waals surface area contributed by atoms with Gasteiger partial charge < -0.3 is 15.6 Å². The van der Waals surface area contributed by atoms with Crippen LogP contribution in [0.4, 0.5) is 5.69 Å². The summed E-state index contributed by atoms with van der Waals surface area (Å²) in [6, 6.07) is 3.50. The lowest BCUT2D eigenvalue weighted by Gasteiger charge is -2.17. The molecular weight excluding hydrogens is 296 g/mol. The SMILES string of the molecule is CCC(CCO)NS(=O)(=O)c1ccc(N)cc1C(=O)OC. The molecule has 1 aromatic carbocycles. The molecule has 0 heterocycles. The second-order valence-corrected chi connectivity index (χ2v) is 6.17. The molecule has 7 nitrogen and oxygen atoms in total. The van der Waals surface area contributed by atoms with Gasteiger partial charge in [0.25, 0.3) is 0 Å². The Hall–Kier alpha value is -1.64. The number of nitrogens with two attached hydrogens (primary N) is 1. The summed E-state index contributed by atoms with van der Waals surface area (Å²) < 4.78 is 31.8. The van der Waals surface area contributed by atoms with Gasteiger partial charge in [0, 0.05) is 18.3 Å². The number of anilines is 1. The third-order valence-corrected chi connectivity index (χ3v) is 4.57. The minimum atomic E-state index is -3.91. The van der Waals surface area contributed by atoms with Crippen molar-refractivity contribution in [1.29, 1.82) is 0 Å². The lowest BCUT2D eigenvalue weighted by Crippen LogP contribution is -2.35. The van der Waals surface area contributed by atoms with E-state index in [4.69, 9.17) is 10.8 Å². The molecule has 1 rings (SSSR count). The molecule has 0 fully saturated rings. The molecule has 8 heteroatoms. The number of aliphatic hydroxyl groups is 1. The van der Waals surface area contributed by atoms with Gasteiger partial charge in [0.1, 0.15) is 0 Å². The average molecular weight is 316 g/mol. The van der Waals surface area contributed by atoms with Crippen LogP contribution in [-0.2, 0) is 14.8 Å². The Balaban J connectivity index is 3.22. The van der Waals surface area contributed by atoms with Gasteiger partial charge >= 0.3 is 5.97 Å². The van der Waals surface area contributed by atoms with Crippen LogP contribution in [0.3, 0.4) is 0 Å². The highest BCUT2D eigenvalue weighted by Gasteiger charge is 2.25. The van der Waals surface area contributed by atoms with Crippen LogP contribution in [0.2, 0.25) is 0 Å². The summed E-state index contributed by atoms with van der Waals surface area (Å²) in [5.74, 6) is -0.780. The molecule has 0 radical (unpaired) electrons. The van der Waals surface area contributed by atoms with E-state index in [2.05, 4.69) is 9.46 Å². The van der Waals surface area contributed by atoms with Crippen LogP contribution in [0.15, 0.2) is 23.1 Å². The number of carbonyl (C=O) groups excluding carboxylic acids is 1. The van der Waals surface area contributed by atoms with Crippen LogP contribution >= 0.6 is 0 Å². The summed E-state index contributed by atoms with van der Waals surface area (Å²) in [4.78, 5) is 11.5. The first-order chi connectivity index (χ1) is 9.85. The van der Waals surface area contributed by atoms with Crippen molar-refractivity contribution in [3.63, 3.8) is 0 Å². The van der Waals surface area contributed by atoms with Gasteiger partial charge in [-0.15, -0.1) is 0 Å². The van der Waals surface area contributed by atoms with Crippen LogP contribution in [0.25, 0.3) is 0 Å². The number of sulfonamides is 1. The Kier molecular flexibility index (Phi) is 6.13. The predicted octanol–water partition coefficient (Wildman–Crippen LogP) is 0.495. The number of hydrogen-bond acceptors (Lipinski definition) is 6. The second kappa shape index (κ2) is 7.39. The van der Waals surface area contributed by atoms with Crippen molar-refractivity contribution in [2.45, 2.75) is 30.7 Å². The lowest BCUT2D eigenvalue weighted by molar-refractivity contribution is 0.0596. The van der Waals surface area contributed by atoms with Crippen LogP contribution in [0.1, 0.15) is 30.1 Å². The van der Waals surface area contributed by atoms with E-state index in [9.17, 15) is 13.2 Å². The molecule has 0 saturated heterocycles. The van der Waals surface area contributed by atoms with Crippen LogP contribution < -0.4 is 10.5 Å². The molecule has 1 aromatic rings. The van der Waals surface area contributed by atoms with E-state index in [1.807, 2.05) is 0 Å². The van der Waals surface area contributed by atoms with Crippen molar-refractivity contribution in [3.8, 4) is 0 Å². The first-order valence-corrected chi connectivity index (χ1v) is 7.95. The zero-order chi connectivity index (χ0) is 16.0. The number of esters is 1. The van der Waals surface area contributed by atoms with E-state index in [1.165, 1.54) is 18.2 Å². The van der Waals surface area contributed by atoms with E-state index < -0.39 is 22.0 Å². The fourth-order valence-electron chi connectivity index (χ4n) is 1.84. The molecule has 118 valence electrons. The minimum Gasteiger partial charge on any atom is -0.465 e. The molecule has 0 aromatic heterocycles. The third kappa shape index (κ3) is 4.42. The first-order valence-electron chi connectivity index (χ1n) is 6.46. The quantitative estimate of drug-likeness (QED) is 0.498. The Bertz CT molecular complexity index is 601. The van der Waals surface area contributed by atoms with Gasteiger partial charge in [-0.1, -0.05) is 6.92 Å². The number of benzene rings is 1. The smallest absolute Gasteiger partial charge is 0.339 e. The maximum absolute atomic E-state index is 12.4. The number of nitrogen functional groups attached to an aromatic ring is 1. The topological polar surface area (TPSA) is 119 Å². The second-order valence-electron chi connectivity index (χ2n) is 4.49. The summed E-state index contributed by atoms with van der Waals surface area (Å²) in [6.45, 7) is 1.67. The molecular formula is C13H20N2O5S. The van der Waals surface area contributed by atoms with Gasteiger partial charge in [0.15, 0.2) is 0 Å². The van der Waals surface area contributed by atoms with E-state index in [1.54, 1.807) is 6.92 Å². The number of carbonyl (C=O) groups is 1. The summed E-state index contributed by atoms with van der Waals surface area (Å²) >= 11 is 0. The molecule has 0 amide bonds. The zero-order valence-electron chi connectivity index (χ0n) is 12.0. The van der Waals surface area contributed by atoms with Gasteiger partial charge in [0.2, 0.25) is 10.0 Å². The molecule has 0 aliphatic carbocycles. The summed E-state index contributed by atoms with van der Waals surface area (Å²) in [5.41, 5.74) is 5.72. The van der Waals surface area contributed by atoms with Gasteiger partial charge in [-0.05, 0) is 31.0 Å². The fourth-order valence-corrected chi connectivity index (χ4v) is 3.37. The number of nitrogens with one attached hydrogen (secondary N) is 1. The number of rotatable bonds is 7. The number of ether oxygens (including phenoxy) is 1. The maximum Gasteiger partial charge on any atom is 0.339 e. The van der Waals surface area contributed by atoms with Gasteiger partial charge in [0.05, 0.1) is 17.6 Å². The van der Waals surface area contributed by atoms with Crippen molar-refractivity contribution < 1.29 is 23.1 Å². The van der Waals surface area contributed by atoms with Crippen molar-refractivity contribution in [1.82, 2.24) is 4.72 Å². The Morgan fingerprint density at radius 2 is 2.14 bits per heavy atom. The van der Waals surface area contributed by atoms with Crippen molar-refractivity contribution >= 4 is 21.7 Å². The van der Waals surface area contributed by atoms with E-state index in [0.717, 1.165) is 7.11 Å². The van der Waals surface area contributed by atoms with E-state index in [-0.39, 0.29) is 29.2 Å². The normalized spacial score (nSPS) is 12.9. The zero-order valence-corrected chi connectivity index (χ0v) is 12.8. The van der Waals surface area contributed by atoms with Gasteiger partial charge in [-0.2, -0.15) is 0 Å². The maximum atomic E-state index is 12.4. The molecule has 0 aliphatic heterocycles. The summed E-state index contributed by atoms with van der Waals surface area (Å²) in [7, 11) is -2.75. The van der Waals surface area contributed by atoms with Crippen LogP contribution in [0, 0.1) is 0 Å².